The molecule has 0 saturated carbocycles. The highest BCUT2D eigenvalue weighted by Crippen LogP contribution is 2.28. The summed E-state index contributed by atoms with van der Waals surface area (Å²) in [5, 5.41) is 10.7. The number of nitriles is 1. The van der Waals surface area contributed by atoms with Crippen molar-refractivity contribution < 1.29 is 4.84 Å². The smallest absolute Gasteiger partial charge is 0.0895 e. The molecule has 2 saturated heterocycles. The van der Waals surface area contributed by atoms with E-state index in [1.54, 1.807) is 0 Å². The Bertz CT molecular complexity index is 187. The maximum absolute atomic E-state index is 8.75. The molecule has 0 spiro atoms. The molecule has 0 bridgehead atoms. The van der Waals surface area contributed by atoms with E-state index < -0.39 is 0 Å². The maximum atomic E-state index is 8.75. The number of hydrogen-bond donors (Lipinski definition) is 0. The number of fused-ring (bicyclic) bond motifs is 1. The molecular weight excluding hydrogens is 140 g/mol. The highest BCUT2D eigenvalue weighted by atomic mass is 16.7. The van der Waals surface area contributed by atoms with Gasteiger partial charge in [0.2, 0.25) is 0 Å². The summed E-state index contributed by atoms with van der Waals surface area (Å²) in [6.07, 6.45) is 3.61. The van der Waals surface area contributed by atoms with Crippen molar-refractivity contribution >= 4 is 0 Å². The Morgan fingerprint density at radius 3 is 3.18 bits per heavy atom. The van der Waals surface area contributed by atoms with E-state index in [-0.39, 0.29) is 5.92 Å². The molecule has 60 valence electrons. The van der Waals surface area contributed by atoms with Crippen LogP contribution in [0.2, 0.25) is 0 Å². The zero-order valence-corrected chi connectivity index (χ0v) is 6.49. The molecule has 0 amide bonds. The number of hydroxylamine groups is 2. The molecule has 0 aromatic rings. The first-order valence-corrected chi connectivity index (χ1v) is 4.21. The van der Waals surface area contributed by atoms with Gasteiger partial charge in [-0.05, 0) is 12.8 Å². The Morgan fingerprint density at radius 1 is 1.45 bits per heavy atom. The highest BCUT2D eigenvalue weighted by Gasteiger charge is 2.36. The minimum atomic E-state index is 0.121. The molecule has 2 atom stereocenters. The molecule has 0 aliphatic carbocycles. The lowest BCUT2D eigenvalue weighted by Gasteiger charge is -2.27. The zero-order chi connectivity index (χ0) is 7.68. The number of rotatable bonds is 0. The molecule has 0 aromatic heterocycles. The zero-order valence-electron chi connectivity index (χ0n) is 6.49. The molecular formula is C8H12N2O. The Labute approximate surface area is 66.5 Å². The fourth-order valence-corrected chi connectivity index (χ4v) is 1.90. The van der Waals surface area contributed by atoms with Crippen molar-refractivity contribution in [2.45, 2.75) is 25.3 Å². The standard InChI is InChI=1S/C8H12N2O/c9-5-7-6-11-10-4-2-1-3-8(7)10/h7-8H,1-4,6H2. The largest absolute Gasteiger partial charge is 0.297 e. The highest BCUT2D eigenvalue weighted by molar-refractivity contribution is 4.95. The van der Waals surface area contributed by atoms with Crippen LogP contribution in [0.4, 0.5) is 0 Å². The quantitative estimate of drug-likeness (QED) is 0.518. The fraction of sp³-hybridized carbons (Fsp3) is 0.875. The molecule has 2 rings (SSSR count). The van der Waals surface area contributed by atoms with Crippen molar-refractivity contribution in [2.24, 2.45) is 5.92 Å². The van der Waals surface area contributed by atoms with Gasteiger partial charge >= 0.3 is 0 Å². The predicted molar refractivity (Wildman–Crippen MR) is 39.4 cm³/mol. The second kappa shape index (κ2) is 2.80. The lowest BCUT2D eigenvalue weighted by atomic mass is 9.95. The van der Waals surface area contributed by atoms with Crippen molar-refractivity contribution in [3.05, 3.63) is 0 Å². The minimum Gasteiger partial charge on any atom is -0.297 e. The molecule has 3 heteroatoms. The van der Waals surface area contributed by atoms with Gasteiger partial charge in [0.15, 0.2) is 0 Å². The SMILES string of the molecule is N#CC1CON2CCCCC12. The first kappa shape index (κ1) is 7.08. The molecule has 3 nitrogen and oxygen atoms in total. The van der Waals surface area contributed by atoms with E-state index in [1.165, 1.54) is 12.8 Å². The van der Waals surface area contributed by atoms with Gasteiger partial charge < -0.3 is 0 Å². The molecule has 0 aromatic carbocycles. The van der Waals surface area contributed by atoms with E-state index >= 15 is 0 Å². The van der Waals surface area contributed by atoms with Gasteiger partial charge in [0.1, 0.15) is 0 Å². The van der Waals surface area contributed by atoms with Gasteiger partial charge in [0, 0.05) is 6.54 Å². The molecule has 0 radical (unpaired) electrons. The molecule has 2 unspecified atom stereocenters. The number of nitrogens with zero attached hydrogens (tertiary/aromatic N) is 2. The van der Waals surface area contributed by atoms with Crippen molar-refractivity contribution in [3.8, 4) is 6.07 Å². The fourth-order valence-electron chi connectivity index (χ4n) is 1.90. The van der Waals surface area contributed by atoms with E-state index in [0.717, 1.165) is 13.0 Å². The summed E-state index contributed by atoms with van der Waals surface area (Å²) in [5.74, 6) is 0.121. The third-order valence-electron chi connectivity index (χ3n) is 2.55. The number of hydrogen-bond acceptors (Lipinski definition) is 3. The first-order valence-electron chi connectivity index (χ1n) is 4.21. The molecule has 0 N–H and O–H groups in total. The topological polar surface area (TPSA) is 36.3 Å². The van der Waals surface area contributed by atoms with E-state index in [0.29, 0.717) is 12.6 Å². The molecule has 2 aliphatic heterocycles. The van der Waals surface area contributed by atoms with Crippen LogP contribution in [0.3, 0.4) is 0 Å². The van der Waals surface area contributed by atoms with Crippen LogP contribution in [0.5, 0.6) is 0 Å². The molecule has 2 aliphatic rings. The van der Waals surface area contributed by atoms with E-state index in [9.17, 15) is 0 Å². The van der Waals surface area contributed by atoms with Gasteiger partial charge in [0.05, 0.1) is 24.6 Å². The third-order valence-corrected chi connectivity index (χ3v) is 2.55. The van der Waals surface area contributed by atoms with E-state index in [2.05, 4.69) is 6.07 Å². The summed E-state index contributed by atoms with van der Waals surface area (Å²) in [6.45, 7) is 1.63. The summed E-state index contributed by atoms with van der Waals surface area (Å²) in [6, 6.07) is 2.69. The Hall–Kier alpha value is -0.590. The first-order chi connectivity index (χ1) is 5.42. The van der Waals surface area contributed by atoms with E-state index in [1.807, 2.05) is 5.06 Å². The van der Waals surface area contributed by atoms with Crippen LogP contribution in [0, 0.1) is 17.2 Å². The third kappa shape index (κ3) is 1.13. The molecule has 2 heterocycles. The Balaban J connectivity index is 2.05. The van der Waals surface area contributed by atoms with Crippen molar-refractivity contribution in [3.63, 3.8) is 0 Å². The average Bonchev–Trinajstić information content (AvgIpc) is 2.47. The van der Waals surface area contributed by atoms with Crippen LogP contribution in [0.1, 0.15) is 19.3 Å². The normalized spacial score (nSPS) is 38.1. The van der Waals surface area contributed by atoms with Crippen molar-refractivity contribution in [1.82, 2.24) is 5.06 Å². The van der Waals surface area contributed by atoms with Gasteiger partial charge in [0.25, 0.3) is 0 Å². The van der Waals surface area contributed by atoms with Crippen LogP contribution < -0.4 is 0 Å². The number of piperidine rings is 1. The van der Waals surface area contributed by atoms with Gasteiger partial charge in [-0.15, -0.1) is 0 Å². The van der Waals surface area contributed by atoms with Crippen molar-refractivity contribution in [2.75, 3.05) is 13.2 Å². The maximum Gasteiger partial charge on any atom is 0.0895 e. The molecule has 11 heavy (non-hydrogen) atoms. The summed E-state index contributed by atoms with van der Waals surface area (Å²) in [5.41, 5.74) is 0. The lowest BCUT2D eigenvalue weighted by molar-refractivity contribution is -0.142. The lowest BCUT2D eigenvalue weighted by Crippen LogP contribution is -2.35. The second-order valence-corrected chi connectivity index (χ2v) is 3.24. The minimum absolute atomic E-state index is 0.121. The molecule has 2 fully saturated rings. The van der Waals surface area contributed by atoms with Crippen LogP contribution in [0.25, 0.3) is 0 Å². The monoisotopic (exact) mass is 152 g/mol. The van der Waals surface area contributed by atoms with Gasteiger partial charge in [-0.3, -0.25) is 4.84 Å². The Kier molecular flexibility index (Phi) is 1.80. The van der Waals surface area contributed by atoms with Gasteiger partial charge in [-0.25, -0.2) is 0 Å². The Morgan fingerprint density at radius 2 is 2.36 bits per heavy atom. The van der Waals surface area contributed by atoms with Crippen LogP contribution in [-0.4, -0.2) is 24.3 Å². The van der Waals surface area contributed by atoms with E-state index in [4.69, 9.17) is 10.1 Å². The van der Waals surface area contributed by atoms with Gasteiger partial charge in [-0.2, -0.15) is 10.3 Å². The van der Waals surface area contributed by atoms with Crippen LogP contribution >= 0.6 is 0 Å². The van der Waals surface area contributed by atoms with Crippen molar-refractivity contribution in [1.29, 1.82) is 5.26 Å². The average molecular weight is 152 g/mol. The summed E-state index contributed by atoms with van der Waals surface area (Å²) in [7, 11) is 0. The second-order valence-electron chi connectivity index (χ2n) is 3.24. The summed E-state index contributed by atoms with van der Waals surface area (Å²) >= 11 is 0. The summed E-state index contributed by atoms with van der Waals surface area (Å²) < 4.78 is 0. The predicted octanol–water partition coefficient (Wildman–Crippen LogP) is 0.926. The van der Waals surface area contributed by atoms with Gasteiger partial charge in [-0.1, -0.05) is 6.42 Å². The van der Waals surface area contributed by atoms with Crippen LogP contribution in [0.15, 0.2) is 0 Å². The summed E-state index contributed by atoms with van der Waals surface area (Å²) in [4.78, 5) is 5.37. The van der Waals surface area contributed by atoms with Crippen LogP contribution in [-0.2, 0) is 4.84 Å².